The Bertz CT molecular complexity index is 1820. The number of halogens is 2. The number of hydrogen-bond acceptors (Lipinski definition) is 10. The monoisotopic (exact) mass is 618 g/mol. The van der Waals surface area contributed by atoms with Gasteiger partial charge in [-0.05, 0) is 51.1 Å². The maximum atomic E-state index is 14.8. The van der Waals surface area contributed by atoms with Crippen LogP contribution >= 0.6 is 11.3 Å². The number of fused-ring (bicyclic) bond motifs is 2. The van der Waals surface area contributed by atoms with Gasteiger partial charge >= 0.3 is 0 Å². The van der Waals surface area contributed by atoms with Crippen molar-refractivity contribution in [2.45, 2.75) is 38.3 Å². The van der Waals surface area contributed by atoms with E-state index in [2.05, 4.69) is 29.6 Å². The molecule has 1 amide bonds. The summed E-state index contributed by atoms with van der Waals surface area (Å²) in [6.07, 6.45) is 3.88. The summed E-state index contributed by atoms with van der Waals surface area (Å²) in [6.45, 7) is 7.32. The number of carbonyl (C=O) groups excluding carboxylic acids is 1. The first-order valence-corrected chi connectivity index (χ1v) is 15.2. The smallest absolute Gasteiger partial charge is 0.282 e. The summed E-state index contributed by atoms with van der Waals surface area (Å²) in [4.78, 5) is 32.2. The molecule has 0 saturated carbocycles. The van der Waals surface area contributed by atoms with E-state index in [-0.39, 0.29) is 36.5 Å². The van der Waals surface area contributed by atoms with Crippen molar-refractivity contribution < 1.29 is 18.3 Å². The highest BCUT2D eigenvalue weighted by atomic mass is 32.1. The van der Waals surface area contributed by atoms with Crippen molar-refractivity contribution in [3.63, 3.8) is 0 Å². The van der Waals surface area contributed by atoms with E-state index in [1.54, 1.807) is 6.20 Å². The number of aryl methyl sites for hydroxylation is 1. The number of rotatable bonds is 7. The average molecular weight is 619 g/mol. The average Bonchev–Trinajstić information content (AvgIpc) is 3.59. The number of nitrogens with zero attached hydrogens (tertiary/aromatic N) is 7. The van der Waals surface area contributed by atoms with E-state index >= 15 is 0 Å². The van der Waals surface area contributed by atoms with Crippen molar-refractivity contribution in [2.75, 3.05) is 50.5 Å². The third-order valence-corrected chi connectivity index (χ3v) is 9.36. The second-order valence-corrected chi connectivity index (χ2v) is 12.3. The number of benzene rings is 1. The zero-order valence-electron chi connectivity index (χ0n) is 24.5. The van der Waals surface area contributed by atoms with Crippen molar-refractivity contribution in [1.29, 1.82) is 5.26 Å². The lowest BCUT2D eigenvalue weighted by atomic mass is 9.99. The maximum Gasteiger partial charge on any atom is 0.282 e. The fourth-order valence-corrected chi connectivity index (χ4v) is 6.97. The molecule has 10 nitrogen and oxygen atoms in total. The van der Waals surface area contributed by atoms with Crippen molar-refractivity contribution in [1.82, 2.24) is 24.8 Å². The molecule has 2 aliphatic heterocycles. The Morgan fingerprint density at radius 3 is 2.77 bits per heavy atom. The maximum absolute atomic E-state index is 14.8. The molecule has 2 saturated heterocycles. The number of likely N-dealkylation sites (N-methyl/N-ethyl adjacent to an activating group) is 1. The van der Waals surface area contributed by atoms with Crippen LogP contribution in [0.5, 0.6) is 5.88 Å². The van der Waals surface area contributed by atoms with Crippen LogP contribution in [0, 0.1) is 24.1 Å². The lowest BCUT2D eigenvalue weighted by molar-refractivity contribution is -0.131. The van der Waals surface area contributed by atoms with E-state index in [0.717, 1.165) is 42.0 Å². The van der Waals surface area contributed by atoms with Gasteiger partial charge in [-0.3, -0.25) is 9.78 Å². The predicted octanol–water partition coefficient (Wildman–Crippen LogP) is 4.82. The number of anilines is 2. The molecule has 3 aromatic heterocycles. The van der Waals surface area contributed by atoms with Crippen LogP contribution in [0.4, 0.5) is 19.6 Å². The van der Waals surface area contributed by atoms with Crippen molar-refractivity contribution in [3.05, 3.63) is 48.2 Å². The van der Waals surface area contributed by atoms with Gasteiger partial charge in [-0.25, -0.2) is 18.7 Å². The number of piperazine rings is 1. The van der Waals surface area contributed by atoms with E-state index in [1.807, 2.05) is 24.0 Å². The van der Waals surface area contributed by atoms with E-state index in [1.165, 1.54) is 11.0 Å². The number of ether oxygens (including phenoxy) is 1. The molecule has 0 radical (unpaired) electrons. The first kappa shape index (κ1) is 29.7. The van der Waals surface area contributed by atoms with Gasteiger partial charge in [0.15, 0.2) is 11.0 Å². The van der Waals surface area contributed by atoms with Crippen molar-refractivity contribution >= 4 is 49.3 Å². The number of amides is 1. The summed E-state index contributed by atoms with van der Waals surface area (Å²) >= 11 is 1.10. The highest BCUT2D eigenvalue weighted by Crippen LogP contribution is 2.39. The highest BCUT2D eigenvalue weighted by molar-refractivity contribution is 7.22. The van der Waals surface area contributed by atoms with Crippen LogP contribution in [-0.2, 0) is 4.79 Å². The molecule has 0 bridgehead atoms. The molecule has 2 fully saturated rings. The number of aromatic nitrogens is 3. The lowest BCUT2D eigenvalue weighted by Crippen LogP contribution is -2.55. The Morgan fingerprint density at radius 1 is 1.23 bits per heavy atom. The minimum Gasteiger partial charge on any atom is -0.476 e. The normalized spacial score (nSPS) is 19.1. The molecule has 44 heavy (non-hydrogen) atoms. The molecule has 5 heterocycles. The van der Waals surface area contributed by atoms with Crippen LogP contribution in [0.25, 0.3) is 32.4 Å². The molecule has 6 rings (SSSR count). The van der Waals surface area contributed by atoms with E-state index < -0.39 is 17.8 Å². The molecule has 4 aromatic rings. The van der Waals surface area contributed by atoms with Gasteiger partial charge in [-0.2, -0.15) is 5.26 Å². The quantitative estimate of drug-likeness (QED) is 0.290. The highest BCUT2D eigenvalue weighted by Gasteiger charge is 2.33. The van der Waals surface area contributed by atoms with Gasteiger partial charge in [0.05, 0.1) is 40.0 Å². The van der Waals surface area contributed by atoms with E-state index in [4.69, 9.17) is 20.4 Å². The van der Waals surface area contributed by atoms with Gasteiger partial charge in [-0.15, -0.1) is 0 Å². The van der Waals surface area contributed by atoms with Gasteiger partial charge in [0, 0.05) is 49.1 Å². The van der Waals surface area contributed by atoms with Crippen LogP contribution < -0.4 is 15.4 Å². The van der Waals surface area contributed by atoms with E-state index in [9.17, 15) is 18.8 Å². The first-order chi connectivity index (χ1) is 21.1. The van der Waals surface area contributed by atoms with Crippen molar-refractivity contribution in [3.8, 4) is 23.1 Å². The predicted molar refractivity (Wildman–Crippen MR) is 167 cm³/mol. The third-order valence-electron chi connectivity index (χ3n) is 8.46. The summed E-state index contributed by atoms with van der Waals surface area (Å²) < 4.78 is 35.2. The minimum atomic E-state index is -1.05. The number of carbonyl (C=O) groups is 1. The molecule has 1 aromatic carbocycles. The molecule has 2 atom stereocenters. The number of nitrogens with two attached hydrogens (primary N) is 1. The number of likely N-dealkylation sites (tertiary alicyclic amines) is 1. The fraction of sp³-hybridized carbons (Fsp3) is 0.387. The summed E-state index contributed by atoms with van der Waals surface area (Å²) in [5, 5.41) is 9.75. The SMILES string of the molecule is C=C(F)C(=O)N1CCN(c2cc(OC[C@@H]3CCCN3C)nc3cc(-c4c(C)cc(F)c5sc(N)nc45)cnc23)CC1CC#N. The molecule has 0 spiro atoms. The molecule has 13 heteroatoms. The second-order valence-electron chi connectivity index (χ2n) is 11.3. The summed E-state index contributed by atoms with van der Waals surface area (Å²) in [6, 6.07) is 7.04. The van der Waals surface area contributed by atoms with Gasteiger partial charge in [0.2, 0.25) is 5.88 Å². The number of pyridine rings is 2. The Balaban J connectivity index is 1.43. The Morgan fingerprint density at radius 2 is 2.05 bits per heavy atom. The van der Waals surface area contributed by atoms with Crippen molar-refractivity contribution in [2.24, 2.45) is 0 Å². The minimum absolute atomic E-state index is 0.0318. The third kappa shape index (κ3) is 5.51. The number of hydrogen-bond donors (Lipinski definition) is 1. The molecule has 228 valence electrons. The van der Waals surface area contributed by atoms with Gasteiger partial charge in [-0.1, -0.05) is 17.9 Å². The summed E-state index contributed by atoms with van der Waals surface area (Å²) in [5.41, 5.74) is 10.4. The Kier molecular flexibility index (Phi) is 8.04. The number of nitriles is 1. The Labute approximate surface area is 257 Å². The van der Waals surface area contributed by atoms with Crippen LogP contribution in [0.15, 0.2) is 36.8 Å². The Hall–Kier alpha value is -4.41. The standard InChI is InChI=1S/C31H32F2N8O2S/c1-17-11-22(33)29-28(38-31(35)44-29)26(17)19-12-23-27(36-14-19)24(13-25(37-23)43-16-21-5-4-8-39(21)3)40-9-10-41(30(42)18(2)32)20(15-40)6-7-34/h11-14,20-21H,2,4-6,8-10,15-16H2,1,3H3,(H2,35,38)/t20?,21-/m0/s1. The van der Waals surface area contributed by atoms with Crippen LogP contribution in [0.1, 0.15) is 24.8 Å². The summed E-state index contributed by atoms with van der Waals surface area (Å²) in [7, 11) is 2.08. The lowest BCUT2D eigenvalue weighted by Gasteiger charge is -2.41. The fourth-order valence-electron chi connectivity index (χ4n) is 6.22. The zero-order valence-corrected chi connectivity index (χ0v) is 25.3. The molecule has 2 N–H and O–H groups in total. The molecule has 0 aliphatic carbocycles. The summed E-state index contributed by atoms with van der Waals surface area (Å²) in [5.74, 6) is -1.82. The van der Waals surface area contributed by atoms with Crippen LogP contribution in [0.3, 0.4) is 0 Å². The van der Waals surface area contributed by atoms with E-state index in [0.29, 0.717) is 51.4 Å². The molecular weight excluding hydrogens is 586 g/mol. The van der Waals surface area contributed by atoms with Gasteiger partial charge in [0.1, 0.15) is 17.9 Å². The largest absolute Gasteiger partial charge is 0.476 e. The zero-order chi connectivity index (χ0) is 31.1. The number of thiazole rings is 1. The second kappa shape index (κ2) is 11.9. The van der Waals surface area contributed by atoms with Crippen LogP contribution in [-0.4, -0.2) is 82.6 Å². The molecule has 2 aliphatic rings. The van der Waals surface area contributed by atoms with Gasteiger partial charge < -0.3 is 25.2 Å². The first-order valence-electron chi connectivity index (χ1n) is 14.4. The van der Waals surface area contributed by atoms with Gasteiger partial charge in [0.25, 0.3) is 5.91 Å². The molecular formula is C31H32F2N8O2S. The topological polar surface area (TPSA) is 124 Å². The number of nitrogen functional groups attached to an aromatic ring is 1. The molecule has 1 unspecified atom stereocenters. The van der Waals surface area contributed by atoms with Crippen LogP contribution in [0.2, 0.25) is 0 Å².